The Hall–Kier alpha value is -2.48. The maximum absolute atomic E-state index is 10.7. The standard InChI is InChI=1S/C20H18NO/c1-3-17-14(2)21-20-7-5-4-6-18(20)19(17)12-15-8-10-16(13-22)11-9-15/h4-11H,3,12H2,1-2H3. The Kier molecular flexibility index (Phi) is 4.01. The van der Waals surface area contributed by atoms with E-state index >= 15 is 0 Å². The van der Waals surface area contributed by atoms with E-state index in [1.807, 2.05) is 36.6 Å². The van der Waals surface area contributed by atoms with Crippen molar-refractivity contribution in [3.05, 3.63) is 76.5 Å². The molecule has 0 bridgehead atoms. The third-order valence-corrected chi connectivity index (χ3v) is 4.12. The topological polar surface area (TPSA) is 30.0 Å². The monoisotopic (exact) mass is 288 g/mol. The fourth-order valence-corrected chi connectivity index (χ4v) is 3.02. The summed E-state index contributed by atoms with van der Waals surface area (Å²) in [6.07, 6.45) is 3.74. The predicted molar refractivity (Wildman–Crippen MR) is 89.9 cm³/mol. The number of carbonyl (C=O) groups excluding carboxylic acids is 1. The molecule has 2 nitrogen and oxygen atoms in total. The first-order valence-electron chi connectivity index (χ1n) is 7.57. The Morgan fingerprint density at radius 1 is 1.00 bits per heavy atom. The molecule has 0 spiro atoms. The second-order valence-electron chi connectivity index (χ2n) is 5.50. The highest BCUT2D eigenvalue weighted by Crippen LogP contribution is 2.26. The zero-order valence-corrected chi connectivity index (χ0v) is 12.9. The summed E-state index contributed by atoms with van der Waals surface area (Å²) in [7, 11) is 0. The summed E-state index contributed by atoms with van der Waals surface area (Å²) in [5.74, 6) is 0. The van der Waals surface area contributed by atoms with Crippen molar-refractivity contribution in [2.45, 2.75) is 26.7 Å². The number of rotatable bonds is 4. The van der Waals surface area contributed by atoms with Crippen LogP contribution in [0.2, 0.25) is 0 Å². The number of nitrogens with zero attached hydrogens (tertiary/aromatic N) is 1. The molecular weight excluding hydrogens is 270 g/mol. The van der Waals surface area contributed by atoms with Crippen molar-refractivity contribution >= 4 is 17.2 Å². The Bertz CT molecular complexity index is 819. The van der Waals surface area contributed by atoms with Gasteiger partial charge in [-0.25, -0.2) is 0 Å². The van der Waals surface area contributed by atoms with Gasteiger partial charge in [-0.05, 0) is 42.5 Å². The van der Waals surface area contributed by atoms with E-state index in [-0.39, 0.29) is 0 Å². The van der Waals surface area contributed by atoms with E-state index in [2.05, 4.69) is 32.0 Å². The SMILES string of the molecule is CCc1c(C)nc2ccccc2c1Cc1ccc([C]=O)cc1. The van der Waals surface area contributed by atoms with Gasteiger partial charge < -0.3 is 0 Å². The number of benzene rings is 2. The van der Waals surface area contributed by atoms with Crippen molar-refractivity contribution in [1.82, 2.24) is 4.98 Å². The van der Waals surface area contributed by atoms with Gasteiger partial charge >= 0.3 is 0 Å². The molecule has 0 aliphatic carbocycles. The van der Waals surface area contributed by atoms with Gasteiger partial charge in [0.2, 0.25) is 6.29 Å². The summed E-state index contributed by atoms with van der Waals surface area (Å²) < 4.78 is 0. The molecule has 0 saturated heterocycles. The fraction of sp³-hybridized carbons (Fsp3) is 0.200. The molecule has 0 fully saturated rings. The summed E-state index contributed by atoms with van der Waals surface area (Å²) in [6, 6.07) is 16.0. The minimum absolute atomic E-state index is 0.593. The van der Waals surface area contributed by atoms with Crippen LogP contribution >= 0.6 is 0 Å². The van der Waals surface area contributed by atoms with Crippen molar-refractivity contribution in [3.8, 4) is 0 Å². The molecule has 0 aliphatic heterocycles. The maximum Gasteiger partial charge on any atom is 0.233 e. The normalized spacial score (nSPS) is 10.8. The van der Waals surface area contributed by atoms with E-state index < -0.39 is 0 Å². The van der Waals surface area contributed by atoms with Gasteiger partial charge in [0.05, 0.1) is 5.52 Å². The average Bonchev–Trinajstić information content (AvgIpc) is 2.55. The van der Waals surface area contributed by atoms with Gasteiger partial charge in [0.15, 0.2) is 0 Å². The summed E-state index contributed by atoms with van der Waals surface area (Å²) in [5, 5.41) is 1.22. The average molecular weight is 288 g/mol. The van der Waals surface area contributed by atoms with Crippen molar-refractivity contribution in [2.24, 2.45) is 0 Å². The van der Waals surface area contributed by atoms with Crippen LogP contribution in [0.5, 0.6) is 0 Å². The number of hydrogen-bond donors (Lipinski definition) is 0. The van der Waals surface area contributed by atoms with Crippen LogP contribution in [0.1, 0.15) is 34.9 Å². The van der Waals surface area contributed by atoms with E-state index in [9.17, 15) is 4.79 Å². The van der Waals surface area contributed by atoms with E-state index in [4.69, 9.17) is 4.98 Å². The lowest BCUT2D eigenvalue weighted by Crippen LogP contribution is -2.02. The zero-order valence-electron chi connectivity index (χ0n) is 12.9. The number of hydrogen-bond acceptors (Lipinski definition) is 2. The Morgan fingerprint density at radius 2 is 1.73 bits per heavy atom. The molecule has 22 heavy (non-hydrogen) atoms. The highest BCUT2D eigenvalue weighted by Gasteiger charge is 2.11. The van der Waals surface area contributed by atoms with Crippen molar-refractivity contribution in [2.75, 3.05) is 0 Å². The molecular formula is C20H18NO. The third-order valence-electron chi connectivity index (χ3n) is 4.12. The Labute approximate surface area is 130 Å². The number of para-hydroxylation sites is 1. The van der Waals surface area contributed by atoms with E-state index in [1.165, 1.54) is 22.1 Å². The molecule has 0 N–H and O–H groups in total. The lowest BCUT2D eigenvalue weighted by Gasteiger charge is -2.14. The first-order valence-corrected chi connectivity index (χ1v) is 7.57. The molecule has 0 aliphatic rings. The van der Waals surface area contributed by atoms with Crippen LogP contribution in [-0.4, -0.2) is 11.3 Å². The number of aryl methyl sites for hydroxylation is 1. The maximum atomic E-state index is 10.7. The molecule has 3 aromatic rings. The van der Waals surface area contributed by atoms with Gasteiger partial charge in [0, 0.05) is 16.6 Å². The summed E-state index contributed by atoms with van der Waals surface area (Å²) in [4.78, 5) is 15.4. The molecule has 109 valence electrons. The van der Waals surface area contributed by atoms with Crippen LogP contribution in [-0.2, 0) is 17.6 Å². The summed E-state index contributed by atoms with van der Waals surface area (Å²) in [6.45, 7) is 4.26. The number of aromatic nitrogens is 1. The molecule has 0 amide bonds. The minimum Gasteiger partial charge on any atom is -0.285 e. The lowest BCUT2D eigenvalue weighted by molar-refractivity contribution is 0.563. The molecule has 3 rings (SSSR count). The van der Waals surface area contributed by atoms with Crippen LogP contribution in [0.4, 0.5) is 0 Å². The largest absolute Gasteiger partial charge is 0.285 e. The first kappa shape index (κ1) is 14.5. The molecule has 0 saturated carbocycles. The summed E-state index contributed by atoms with van der Waals surface area (Å²) >= 11 is 0. The van der Waals surface area contributed by atoms with Gasteiger partial charge in [0.25, 0.3) is 0 Å². The molecule has 1 radical (unpaired) electrons. The Balaban J connectivity index is 2.13. The van der Waals surface area contributed by atoms with Gasteiger partial charge in [-0.15, -0.1) is 0 Å². The first-order chi connectivity index (χ1) is 10.7. The van der Waals surface area contributed by atoms with Crippen molar-refractivity contribution in [1.29, 1.82) is 0 Å². The smallest absolute Gasteiger partial charge is 0.233 e. The highest BCUT2D eigenvalue weighted by atomic mass is 16.1. The van der Waals surface area contributed by atoms with Gasteiger partial charge in [0.1, 0.15) is 0 Å². The van der Waals surface area contributed by atoms with E-state index in [1.54, 1.807) is 0 Å². The van der Waals surface area contributed by atoms with Crippen LogP contribution in [0.25, 0.3) is 10.9 Å². The summed E-state index contributed by atoms with van der Waals surface area (Å²) in [5.41, 5.74) is 6.61. The Morgan fingerprint density at radius 3 is 2.41 bits per heavy atom. The van der Waals surface area contributed by atoms with Crippen LogP contribution < -0.4 is 0 Å². The second kappa shape index (κ2) is 6.10. The van der Waals surface area contributed by atoms with Crippen molar-refractivity contribution < 1.29 is 4.79 Å². The van der Waals surface area contributed by atoms with Crippen LogP contribution in [0.15, 0.2) is 48.5 Å². The van der Waals surface area contributed by atoms with Gasteiger partial charge in [-0.2, -0.15) is 0 Å². The van der Waals surface area contributed by atoms with Gasteiger partial charge in [-0.1, -0.05) is 49.4 Å². The van der Waals surface area contributed by atoms with Crippen molar-refractivity contribution in [3.63, 3.8) is 0 Å². The van der Waals surface area contributed by atoms with Gasteiger partial charge in [-0.3, -0.25) is 9.78 Å². The predicted octanol–water partition coefficient (Wildman–Crippen LogP) is 4.15. The molecule has 1 heterocycles. The molecule has 2 heteroatoms. The zero-order chi connectivity index (χ0) is 15.5. The molecule has 0 unspecified atom stereocenters. The third kappa shape index (κ3) is 2.64. The van der Waals surface area contributed by atoms with E-state index in [0.29, 0.717) is 5.56 Å². The second-order valence-corrected chi connectivity index (χ2v) is 5.50. The molecule has 2 aromatic carbocycles. The fourth-order valence-electron chi connectivity index (χ4n) is 3.02. The number of pyridine rings is 1. The highest BCUT2D eigenvalue weighted by molar-refractivity contribution is 5.84. The molecule has 0 atom stereocenters. The minimum atomic E-state index is 0.593. The quantitative estimate of drug-likeness (QED) is 0.721. The lowest BCUT2D eigenvalue weighted by atomic mass is 9.93. The van der Waals surface area contributed by atoms with Crippen LogP contribution in [0, 0.1) is 6.92 Å². The number of fused-ring (bicyclic) bond motifs is 1. The van der Waals surface area contributed by atoms with Crippen LogP contribution in [0.3, 0.4) is 0 Å². The van der Waals surface area contributed by atoms with E-state index in [0.717, 1.165) is 24.1 Å². The molecule has 1 aromatic heterocycles.